The summed E-state index contributed by atoms with van der Waals surface area (Å²) in [5.41, 5.74) is 1.21. The monoisotopic (exact) mass is 175 g/mol. The fourth-order valence-corrected chi connectivity index (χ4v) is 1.43. The predicted molar refractivity (Wildman–Crippen MR) is 50.3 cm³/mol. The third kappa shape index (κ3) is 2.38. The standard InChI is InChI=1S/C11H13NO/c13-11(10-2-3-10)4-1-9-5-7-12-8-6-9/h5-8,10H,1-4H2. The summed E-state index contributed by atoms with van der Waals surface area (Å²) in [7, 11) is 0. The third-order valence-corrected chi connectivity index (χ3v) is 2.44. The molecule has 2 nitrogen and oxygen atoms in total. The maximum atomic E-state index is 11.4. The van der Waals surface area contributed by atoms with Crippen LogP contribution in [0.2, 0.25) is 0 Å². The highest BCUT2D eigenvalue weighted by atomic mass is 16.1. The van der Waals surface area contributed by atoms with Crippen LogP contribution in [0.15, 0.2) is 24.5 Å². The van der Waals surface area contributed by atoms with Crippen molar-refractivity contribution in [3.63, 3.8) is 0 Å². The lowest BCUT2D eigenvalue weighted by molar-refractivity contribution is -0.120. The van der Waals surface area contributed by atoms with Crippen LogP contribution in [0, 0.1) is 5.92 Å². The van der Waals surface area contributed by atoms with Gasteiger partial charge in [-0.3, -0.25) is 9.78 Å². The second-order valence-electron chi connectivity index (χ2n) is 3.60. The van der Waals surface area contributed by atoms with E-state index in [1.54, 1.807) is 12.4 Å². The molecule has 0 spiro atoms. The van der Waals surface area contributed by atoms with E-state index in [1.165, 1.54) is 5.56 Å². The summed E-state index contributed by atoms with van der Waals surface area (Å²) in [6.07, 6.45) is 7.37. The van der Waals surface area contributed by atoms with Gasteiger partial charge in [0.1, 0.15) is 5.78 Å². The molecule has 0 aliphatic heterocycles. The second-order valence-corrected chi connectivity index (χ2v) is 3.60. The van der Waals surface area contributed by atoms with Crippen LogP contribution in [-0.4, -0.2) is 10.8 Å². The minimum atomic E-state index is 0.404. The predicted octanol–water partition coefficient (Wildman–Crippen LogP) is 1.99. The smallest absolute Gasteiger partial charge is 0.136 e. The van der Waals surface area contributed by atoms with E-state index in [4.69, 9.17) is 0 Å². The lowest BCUT2D eigenvalue weighted by atomic mass is 10.1. The third-order valence-electron chi connectivity index (χ3n) is 2.44. The van der Waals surface area contributed by atoms with Crippen molar-refractivity contribution in [3.8, 4) is 0 Å². The molecule has 1 fully saturated rings. The Morgan fingerprint density at radius 2 is 2.08 bits per heavy atom. The van der Waals surface area contributed by atoms with Crippen LogP contribution < -0.4 is 0 Å². The van der Waals surface area contributed by atoms with Crippen LogP contribution in [0.3, 0.4) is 0 Å². The van der Waals surface area contributed by atoms with Gasteiger partial charge in [-0.25, -0.2) is 0 Å². The molecule has 13 heavy (non-hydrogen) atoms. The molecule has 0 atom stereocenters. The number of ketones is 1. The average molecular weight is 175 g/mol. The summed E-state index contributed by atoms with van der Waals surface area (Å²) in [6.45, 7) is 0. The molecule has 1 saturated carbocycles. The lowest BCUT2D eigenvalue weighted by Gasteiger charge is -1.98. The maximum absolute atomic E-state index is 11.4. The van der Waals surface area contributed by atoms with Gasteiger partial charge in [0, 0.05) is 24.7 Å². The summed E-state index contributed by atoms with van der Waals surface area (Å²) >= 11 is 0. The van der Waals surface area contributed by atoms with Crippen molar-refractivity contribution >= 4 is 5.78 Å². The van der Waals surface area contributed by atoms with E-state index in [-0.39, 0.29) is 0 Å². The molecular formula is C11H13NO. The van der Waals surface area contributed by atoms with Gasteiger partial charge in [0.25, 0.3) is 0 Å². The number of carbonyl (C=O) groups is 1. The fraction of sp³-hybridized carbons (Fsp3) is 0.455. The molecule has 1 heterocycles. The molecule has 0 saturated heterocycles. The molecule has 2 heteroatoms. The Labute approximate surface area is 78.0 Å². The lowest BCUT2D eigenvalue weighted by Crippen LogP contribution is -2.01. The molecule has 1 aromatic heterocycles. The first-order chi connectivity index (χ1) is 6.36. The zero-order valence-electron chi connectivity index (χ0n) is 7.57. The van der Waals surface area contributed by atoms with Crippen LogP contribution >= 0.6 is 0 Å². The van der Waals surface area contributed by atoms with Gasteiger partial charge in [-0.15, -0.1) is 0 Å². The second kappa shape index (κ2) is 3.69. The Balaban J connectivity index is 1.82. The Bertz CT molecular complexity index is 290. The van der Waals surface area contributed by atoms with Crippen molar-refractivity contribution in [1.82, 2.24) is 4.98 Å². The normalized spacial score (nSPS) is 15.7. The van der Waals surface area contributed by atoms with Gasteiger partial charge in [-0.1, -0.05) is 0 Å². The van der Waals surface area contributed by atoms with E-state index in [9.17, 15) is 4.79 Å². The number of hydrogen-bond donors (Lipinski definition) is 0. The first kappa shape index (κ1) is 8.42. The van der Waals surface area contributed by atoms with Crippen molar-refractivity contribution < 1.29 is 4.79 Å². The molecule has 0 N–H and O–H groups in total. The molecule has 2 rings (SSSR count). The molecule has 1 aromatic rings. The van der Waals surface area contributed by atoms with Crippen LogP contribution in [0.25, 0.3) is 0 Å². The Morgan fingerprint density at radius 3 is 2.69 bits per heavy atom. The van der Waals surface area contributed by atoms with Crippen LogP contribution in [0.1, 0.15) is 24.8 Å². The number of nitrogens with zero attached hydrogens (tertiary/aromatic N) is 1. The van der Waals surface area contributed by atoms with Gasteiger partial charge >= 0.3 is 0 Å². The number of carbonyl (C=O) groups excluding carboxylic acids is 1. The summed E-state index contributed by atoms with van der Waals surface area (Å²) in [4.78, 5) is 15.3. The highest BCUT2D eigenvalue weighted by molar-refractivity contribution is 5.83. The van der Waals surface area contributed by atoms with Gasteiger partial charge in [-0.05, 0) is 37.0 Å². The quantitative estimate of drug-likeness (QED) is 0.700. The SMILES string of the molecule is O=C(CCc1ccncc1)C1CC1. The van der Waals surface area contributed by atoms with E-state index >= 15 is 0 Å². The highest BCUT2D eigenvalue weighted by Gasteiger charge is 2.28. The van der Waals surface area contributed by atoms with Crippen molar-refractivity contribution in [2.45, 2.75) is 25.7 Å². The summed E-state index contributed by atoms with van der Waals surface area (Å²) < 4.78 is 0. The Hall–Kier alpha value is -1.18. The maximum Gasteiger partial charge on any atom is 0.136 e. The summed E-state index contributed by atoms with van der Waals surface area (Å²) in [5.74, 6) is 0.846. The number of hydrogen-bond acceptors (Lipinski definition) is 2. The largest absolute Gasteiger partial charge is 0.299 e. The molecule has 1 aliphatic carbocycles. The Kier molecular flexibility index (Phi) is 2.39. The van der Waals surface area contributed by atoms with E-state index < -0.39 is 0 Å². The molecule has 68 valence electrons. The van der Waals surface area contributed by atoms with Crippen LogP contribution in [0.5, 0.6) is 0 Å². The molecule has 1 aliphatic rings. The summed E-state index contributed by atoms with van der Waals surface area (Å²) in [6, 6.07) is 3.94. The minimum Gasteiger partial charge on any atom is -0.299 e. The molecule has 0 radical (unpaired) electrons. The number of Topliss-reactive ketones (excluding diaryl/α,β-unsaturated/α-hetero) is 1. The van der Waals surface area contributed by atoms with Crippen LogP contribution in [0.4, 0.5) is 0 Å². The number of pyridine rings is 1. The van der Waals surface area contributed by atoms with Gasteiger partial charge < -0.3 is 0 Å². The molecule has 0 bridgehead atoms. The number of aryl methyl sites for hydroxylation is 1. The Morgan fingerprint density at radius 1 is 1.38 bits per heavy atom. The van der Waals surface area contributed by atoms with Crippen molar-refractivity contribution in [2.75, 3.05) is 0 Å². The molecule has 0 unspecified atom stereocenters. The first-order valence-electron chi connectivity index (χ1n) is 4.78. The highest BCUT2D eigenvalue weighted by Crippen LogP contribution is 2.31. The zero-order valence-corrected chi connectivity index (χ0v) is 7.57. The first-order valence-corrected chi connectivity index (χ1v) is 4.78. The zero-order chi connectivity index (χ0) is 9.10. The van der Waals surface area contributed by atoms with Gasteiger partial charge in [-0.2, -0.15) is 0 Å². The number of rotatable bonds is 4. The van der Waals surface area contributed by atoms with Gasteiger partial charge in [0.2, 0.25) is 0 Å². The molecule has 0 amide bonds. The molecule has 0 aromatic carbocycles. The minimum absolute atomic E-state index is 0.404. The fourth-order valence-electron chi connectivity index (χ4n) is 1.43. The van der Waals surface area contributed by atoms with Gasteiger partial charge in [0.05, 0.1) is 0 Å². The van der Waals surface area contributed by atoms with E-state index in [0.29, 0.717) is 18.1 Å². The van der Waals surface area contributed by atoms with Crippen molar-refractivity contribution in [3.05, 3.63) is 30.1 Å². The molecular weight excluding hydrogens is 162 g/mol. The van der Waals surface area contributed by atoms with Crippen molar-refractivity contribution in [1.29, 1.82) is 0 Å². The topological polar surface area (TPSA) is 30.0 Å². The van der Waals surface area contributed by atoms with Crippen molar-refractivity contribution in [2.24, 2.45) is 5.92 Å². The number of aromatic nitrogens is 1. The average Bonchev–Trinajstić information content (AvgIpc) is 2.99. The van der Waals surface area contributed by atoms with E-state index in [2.05, 4.69) is 4.98 Å². The van der Waals surface area contributed by atoms with Crippen LogP contribution in [-0.2, 0) is 11.2 Å². The van der Waals surface area contributed by atoms with E-state index in [1.807, 2.05) is 12.1 Å². The van der Waals surface area contributed by atoms with E-state index in [0.717, 1.165) is 19.3 Å². The van der Waals surface area contributed by atoms with Gasteiger partial charge in [0.15, 0.2) is 0 Å². The summed E-state index contributed by atoms with van der Waals surface area (Å²) in [5, 5.41) is 0.